The van der Waals surface area contributed by atoms with E-state index in [2.05, 4.69) is 24.1 Å². The van der Waals surface area contributed by atoms with Crippen molar-refractivity contribution in [3.8, 4) is 0 Å². The Morgan fingerprint density at radius 1 is 1.13 bits per heavy atom. The third kappa shape index (κ3) is 5.79. The first-order chi connectivity index (χ1) is 14.9. The van der Waals surface area contributed by atoms with Crippen LogP contribution < -0.4 is 5.32 Å². The predicted molar refractivity (Wildman–Crippen MR) is 122 cm³/mol. The fraction of sp³-hybridized carbons (Fsp3) is 0.682. The minimum Gasteiger partial charge on any atom is -0.379 e. The van der Waals surface area contributed by atoms with E-state index in [9.17, 15) is 13.2 Å². The fourth-order valence-corrected chi connectivity index (χ4v) is 6.29. The zero-order valence-electron chi connectivity index (χ0n) is 18.5. The maximum Gasteiger partial charge on any atom is 0.252 e. The molecule has 2 saturated heterocycles. The number of hydrogen-bond acceptors (Lipinski definition) is 5. The third-order valence-corrected chi connectivity index (χ3v) is 8.69. The molecular formula is C22H34ClN3O4S. The van der Waals surface area contributed by atoms with Crippen molar-refractivity contribution >= 4 is 27.5 Å². The molecule has 0 radical (unpaired) electrons. The Kier molecular flexibility index (Phi) is 8.75. The van der Waals surface area contributed by atoms with Gasteiger partial charge in [0.05, 0.1) is 28.7 Å². The monoisotopic (exact) mass is 471 g/mol. The summed E-state index contributed by atoms with van der Waals surface area (Å²) in [4.78, 5) is 15.5. The van der Waals surface area contributed by atoms with Gasteiger partial charge in [0.1, 0.15) is 0 Å². The molecule has 31 heavy (non-hydrogen) atoms. The lowest BCUT2D eigenvalue weighted by atomic mass is 9.92. The summed E-state index contributed by atoms with van der Waals surface area (Å²) >= 11 is 6.29. The third-order valence-electron chi connectivity index (χ3n) is 6.46. The van der Waals surface area contributed by atoms with Crippen molar-refractivity contribution in [2.45, 2.75) is 50.5 Å². The van der Waals surface area contributed by atoms with E-state index >= 15 is 0 Å². The highest BCUT2D eigenvalue weighted by molar-refractivity contribution is 7.89. The lowest BCUT2D eigenvalue weighted by molar-refractivity contribution is 0.00191. The van der Waals surface area contributed by atoms with E-state index in [-0.39, 0.29) is 27.4 Å². The molecule has 7 nitrogen and oxygen atoms in total. The van der Waals surface area contributed by atoms with Gasteiger partial charge >= 0.3 is 0 Å². The molecule has 9 heteroatoms. The first-order valence-electron chi connectivity index (χ1n) is 11.3. The van der Waals surface area contributed by atoms with Gasteiger partial charge < -0.3 is 10.1 Å². The zero-order chi connectivity index (χ0) is 22.4. The molecule has 1 unspecified atom stereocenters. The number of carbonyl (C=O) groups is 1. The van der Waals surface area contributed by atoms with E-state index in [1.807, 2.05) is 0 Å². The number of halogens is 1. The summed E-state index contributed by atoms with van der Waals surface area (Å²) in [7, 11) is -3.61. The van der Waals surface area contributed by atoms with Gasteiger partial charge in [0, 0.05) is 38.8 Å². The van der Waals surface area contributed by atoms with Crippen molar-refractivity contribution in [1.29, 1.82) is 0 Å². The highest BCUT2D eigenvalue weighted by atomic mass is 35.5. The van der Waals surface area contributed by atoms with Gasteiger partial charge in [-0.2, -0.15) is 4.31 Å². The molecule has 2 aliphatic rings. The average molecular weight is 472 g/mol. The summed E-state index contributed by atoms with van der Waals surface area (Å²) in [5.74, 6) is 0.114. The van der Waals surface area contributed by atoms with Gasteiger partial charge in [-0.1, -0.05) is 38.3 Å². The van der Waals surface area contributed by atoms with Crippen LogP contribution in [-0.4, -0.2) is 75.5 Å². The number of nitrogens with zero attached hydrogens (tertiary/aromatic N) is 2. The molecule has 1 atom stereocenters. The SMILES string of the molecule is CCC(CC)C(CNC(=O)c1cc(S(=O)(=O)N2CCCC2)ccc1Cl)N1CCOCC1. The van der Waals surface area contributed by atoms with Crippen LogP contribution in [0.5, 0.6) is 0 Å². The van der Waals surface area contributed by atoms with Crippen LogP contribution in [0.4, 0.5) is 0 Å². The van der Waals surface area contributed by atoms with Gasteiger partial charge in [-0.15, -0.1) is 0 Å². The summed E-state index contributed by atoms with van der Waals surface area (Å²) in [5, 5.41) is 3.27. The molecular weight excluding hydrogens is 438 g/mol. The zero-order valence-corrected chi connectivity index (χ0v) is 20.1. The van der Waals surface area contributed by atoms with Crippen molar-refractivity contribution in [3.05, 3.63) is 28.8 Å². The van der Waals surface area contributed by atoms with E-state index < -0.39 is 10.0 Å². The van der Waals surface area contributed by atoms with Gasteiger partial charge in [-0.3, -0.25) is 9.69 Å². The van der Waals surface area contributed by atoms with Crippen molar-refractivity contribution in [3.63, 3.8) is 0 Å². The first kappa shape index (κ1) is 24.5. The Bertz CT molecular complexity index is 848. The quantitative estimate of drug-likeness (QED) is 0.599. The normalized spacial score (nSPS) is 19.6. The molecule has 1 aromatic rings. The second-order valence-corrected chi connectivity index (χ2v) is 10.6. The molecule has 2 fully saturated rings. The van der Waals surface area contributed by atoms with Crippen LogP contribution in [0, 0.1) is 5.92 Å². The van der Waals surface area contributed by atoms with Crippen molar-refractivity contribution in [2.75, 3.05) is 45.9 Å². The molecule has 1 aromatic carbocycles. The van der Waals surface area contributed by atoms with Gasteiger partial charge in [0.15, 0.2) is 0 Å². The summed E-state index contributed by atoms with van der Waals surface area (Å²) in [6.45, 7) is 8.97. The van der Waals surface area contributed by atoms with E-state index in [1.54, 1.807) is 0 Å². The van der Waals surface area contributed by atoms with Crippen LogP contribution >= 0.6 is 11.6 Å². The Balaban J connectivity index is 1.75. The summed E-state index contributed by atoms with van der Waals surface area (Å²) in [6.07, 6.45) is 3.77. The second-order valence-electron chi connectivity index (χ2n) is 8.26. The maximum absolute atomic E-state index is 13.0. The lowest BCUT2D eigenvalue weighted by Gasteiger charge is -2.38. The minimum atomic E-state index is -3.61. The summed E-state index contributed by atoms with van der Waals surface area (Å²) in [5.41, 5.74) is 0.201. The largest absolute Gasteiger partial charge is 0.379 e. The molecule has 1 N–H and O–H groups in total. The predicted octanol–water partition coefficient (Wildman–Crippen LogP) is 2.99. The minimum absolute atomic E-state index is 0.119. The van der Waals surface area contributed by atoms with Crippen LogP contribution in [0.2, 0.25) is 5.02 Å². The van der Waals surface area contributed by atoms with Gasteiger partial charge in [0.2, 0.25) is 10.0 Å². The number of ether oxygens (including phenoxy) is 1. The smallest absolute Gasteiger partial charge is 0.252 e. The number of hydrogen-bond donors (Lipinski definition) is 1. The number of rotatable bonds is 9. The number of nitrogens with one attached hydrogen (secondary N) is 1. The lowest BCUT2D eigenvalue weighted by Crippen LogP contribution is -2.52. The number of carbonyl (C=O) groups excluding carboxylic acids is 1. The van der Waals surface area contributed by atoms with Crippen molar-refractivity contribution < 1.29 is 17.9 Å². The highest BCUT2D eigenvalue weighted by Crippen LogP contribution is 2.26. The number of sulfonamides is 1. The molecule has 3 rings (SSSR count). The Morgan fingerprint density at radius 2 is 1.77 bits per heavy atom. The standard InChI is InChI=1S/C22H34ClN3O4S/c1-3-17(4-2)21(25-11-13-30-14-12-25)16-24-22(27)19-15-18(7-8-20(19)23)31(28,29)26-9-5-6-10-26/h7-8,15,17,21H,3-6,9-14,16H2,1-2H3,(H,24,27). The molecule has 174 valence electrons. The van der Waals surface area contributed by atoms with Crippen LogP contribution in [0.15, 0.2) is 23.1 Å². The molecule has 1 amide bonds. The topological polar surface area (TPSA) is 79.0 Å². The van der Waals surface area contributed by atoms with E-state index in [0.717, 1.165) is 38.8 Å². The summed E-state index contributed by atoms with van der Waals surface area (Å²) in [6, 6.07) is 4.59. The van der Waals surface area contributed by atoms with Gasteiger partial charge in [-0.05, 0) is 37.0 Å². The second kappa shape index (κ2) is 11.1. The highest BCUT2D eigenvalue weighted by Gasteiger charge is 2.30. The van der Waals surface area contributed by atoms with Crippen molar-refractivity contribution in [2.24, 2.45) is 5.92 Å². The average Bonchev–Trinajstić information content (AvgIpc) is 3.33. The van der Waals surface area contributed by atoms with E-state index in [4.69, 9.17) is 16.3 Å². The molecule has 0 bridgehead atoms. The van der Waals surface area contributed by atoms with Crippen LogP contribution in [0.25, 0.3) is 0 Å². The molecule has 0 aliphatic carbocycles. The van der Waals surface area contributed by atoms with Crippen molar-refractivity contribution in [1.82, 2.24) is 14.5 Å². The van der Waals surface area contributed by atoms with E-state index in [1.165, 1.54) is 22.5 Å². The van der Waals surface area contributed by atoms with Crippen LogP contribution in [0.1, 0.15) is 49.9 Å². The molecule has 0 aromatic heterocycles. The Hall–Kier alpha value is -1.19. The van der Waals surface area contributed by atoms with Crippen LogP contribution in [0.3, 0.4) is 0 Å². The maximum atomic E-state index is 13.0. The van der Waals surface area contributed by atoms with Gasteiger partial charge in [-0.25, -0.2) is 8.42 Å². The molecule has 0 saturated carbocycles. The Labute approximate surface area is 191 Å². The fourth-order valence-electron chi connectivity index (χ4n) is 4.54. The first-order valence-corrected chi connectivity index (χ1v) is 13.1. The van der Waals surface area contributed by atoms with Gasteiger partial charge in [0.25, 0.3) is 5.91 Å². The molecule has 2 aliphatic heterocycles. The molecule has 2 heterocycles. The number of morpholine rings is 1. The van der Waals surface area contributed by atoms with E-state index in [0.29, 0.717) is 38.8 Å². The van der Waals surface area contributed by atoms with Crippen LogP contribution in [-0.2, 0) is 14.8 Å². The Morgan fingerprint density at radius 3 is 2.39 bits per heavy atom. The number of amides is 1. The summed E-state index contributed by atoms with van der Waals surface area (Å²) < 4.78 is 32.7. The molecule has 0 spiro atoms. The number of benzene rings is 1.